The van der Waals surface area contributed by atoms with Gasteiger partial charge in [0.2, 0.25) is 0 Å². The first-order valence-corrected chi connectivity index (χ1v) is 9.17. The van der Waals surface area contributed by atoms with Gasteiger partial charge in [0.15, 0.2) is 5.78 Å². The summed E-state index contributed by atoms with van der Waals surface area (Å²) in [5.41, 5.74) is 0.650. The molecule has 0 saturated carbocycles. The van der Waals surface area contributed by atoms with Crippen LogP contribution in [0.5, 0.6) is 11.5 Å². The topological polar surface area (TPSA) is 56.6 Å². The van der Waals surface area contributed by atoms with Crippen LogP contribution in [0, 0.1) is 5.92 Å². The minimum absolute atomic E-state index is 0.0238. The molecule has 0 bridgehead atoms. The molecule has 1 aromatic carbocycles. The molecule has 26 heavy (non-hydrogen) atoms. The zero-order chi connectivity index (χ0) is 18.4. The Kier molecular flexibility index (Phi) is 6.28. The second-order valence-corrected chi connectivity index (χ2v) is 6.69. The lowest BCUT2D eigenvalue weighted by molar-refractivity contribution is 0.0814. The molecule has 1 aliphatic heterocycles. The summed E-state index contributed by atoms with van der Waals surface area (Å²) in [7, 11) is 3.20. The smallest absolute Gasteiger partial charge is 0.170 e. The fourth-order valence-corrected chi connectivity index (χ4v) is 3.58. The Morgan fingerprint density at radius 3 is 2.88 bits per heavy atom. The molecule has 1 fully saturated rings. The number of benzene rings is 1. The molecule has 6 nitrogen and oxygen atoms in total. The lowest BCUT2D eigenvalue weighted by Gasteiger charge is -2.32. The van der Waals surface area contributed by atoms with Crippen molar-refractivity contribution in [2.45, 2.75) is 25.8 Å². The van der Waals surface area contributed by atoms with Crippen molar-refractivity contribution in [1.82, 2.24) is 14.7 Å². The highest BCUT2D eigenvalue weighted by molar-refractivity contribution is 6.00. The van der Waals surface area contributed by atoms with Crippen molar-refractivity contribution in [2.24, 2.45) is 5.92 Å². The number of ether oxygens (including phenoxy) is 2. The summed E-state index contributed by atoms with van der Waals surface area (Å²) in [4.78, 5) is 15.4. The van der Waals surface area contributed by atoms with Crippen molar-refractivity contribution >= 4 is 5.78 Å². The number of aryl methyl sites for hydroxylation is 1. The minimum atomic E-state index is 0.0238. The molecule has 1 atom stereocenters. The fraction of sp³-hybridized carbons (Fsp3) is 0.500. The van der Waals surface area contributed by atoms with E-state index in [0.717, 1.165) is 45.4 Å². The number of carbonyl (C=O) groups is 1. The largest absolute Gasteiger partial charge is 0.497 e. The number of rotatable bonds is 8. The van der Waals surface area contributed by atoms with E-state index >= 15 is 0 Å². The molecule has 0 aliphatic carbocycles. The van der Waals surface area contributed by atoms with Gasteiger partial charge in [0.1, 0.15) is 11.5 Å². The molecule has 3 rings (SSSR count). The zero-order valence-electron chi connectivity index (χ0n) is 15.6. The van der Waals surface area contributed by atoms with Gasteiger partial charge in [-0.25, -0.2) is 0 Å². The van der Waals surface area contributed by atoms with Crippen molar-refractivity contribution < 1.29 is 14.3 Å². The lowest BCUT2D eigenvalue weighted by atomic mass is 9.89. The highest BCUT2D eigenvalue weighted by Gasteiger charge is 2.28. The van der Waals surface area contributed by atoms with E-state index in [-0.39, 0.29) is 11.7 Å². The number of carbonyl (C=O) groups excluding carboxylic acids is 1. The number of Topliss-reactive ketones (excluding diaryl/α,β-unsaturated/α-hetero) is 1. The Bertz CT molecular complexity index is 715. The number of nitrogens with zero attached hydrogens (tertiary/aromatic N) is 3. The van der Waals surface area contributed by atoms with Gasteiger partial charge in [-0.05, 0) is 50.6 Å². The average Bonchev–Trinajstić information content (AvgIpc) is 3.20. The summed E-state index contributed by atoms with van der Waals surface area (Å²) in [6.07, 6.45) is 6.81. The van der Waals surface area contributed by atoms with Crippen LogP contribution in [0.25, 0.3) is 0 Å². The van der Waals surface area contributed by atoms with Gasteiger partial charge in [-0.1, -0.05) is 0 Å². The van der Waals surface area contributed by atoms with Crippen molar-refractivity contribution in [2.75, 3.05) is 33.9 Å². The number of aromatic nitrogens is 2. The van der Waals surface area contributed by atoms with E-state index in [0.29, 0.717) is 17.1 Å². The first-order valence-electron chi connectivity index (χ1n) is 9.17. The summed E-state index contributed by atoms with van der Waals surface area (Å²) in [6, 6.07) is 7.35. The van der Waals surface area contributed by atoms with E-state index in [9.17, 15) is 4.79 Å². The number of ketones is 1. The maximum Gasteiger partial charge on any atom is 0.170 e. The number of hydrogen-bond donors (Lipinski definition) is 0. The maximum atomic E-state index is 13.0. The van der Waals surface area contributed by atoms with Crippen molar-refractivity contribution in [3.63, 3.8) is 0 Å². The quantitative estimate of drug-likeness (QED) is 0.680. The normalized spacial score (nSPS) is 17.8. The third kappa shape index (κ3) is 4.43. The summed E-state index contributed by atoms with van der Waals surface area (Å²) < 4.78 is 12.6. The monoisotopic (exact) mass is 357 g/mol. The number of likely N-dealkylation sites (tertiary alicyclic amines) is 1. The number of piperidine rings is 1. The van der Waals surface area contributed by atoms with Gasteiger partial charge >= 0.3 is 0 Å². The van der Waals surface area contributed by atoms with Crippen LogP contribution in [-0.4, -0.2) is 54.3 Å². The summed E-state index contributed by atoms with van der Waals surface area (Å²) >= 11 is 0. The highest BCUT2D eigenvalue weighted by atomic mass is 16.5. The average molecular weight is 357 g/mol. The second kappa shape index (κ2) is 8.85. The van der Waals surface area contributed by atoms with Crippen LogP contribution < -0.4 is 9.47 Å². The van der Waals surface area contributed by atoms with Crippen LogP contribution in [-0.2, 0) is 6.54 Å². The molecular weight excluding hydrogens is 330 g/mol. The standard InChI is InChI=1S/C20H27N3O3/c1-25-17-7-8-18(19(14-17)26-2)20(24)16-6-3-10-22(15-16)11-5-13-23-12-4-9-21-23/h4,7-9,12,14,16H,3,5-6,10-11,13,15H2,1-2H3/t16-/m1/s1. The van der Waals surface area contributed by atoms with Gasteiger partial charge in [-0.15, -0.1) is 0 Å². The SMILES string of the molecule is COc1ccc(C(=O)[C@@H]2CCCN(CCCn3cccn3)C2)c(OC)c1. The maximum absolute atomic E-state index is 13.0. The molecule has 6 heteroatoms. The van der Waals surface area contributed by atoms with E-state index < -0.39 is 0 Å². The van der Waals surface area contributed by atoms with Gasteiger partial charge in [-0.2, -0.15) is 5.10 Å². The molecule has 1 saturated heterocycles. The molecule has 2 heterocycles. The minimum Gasteiger partial charge on any atom is -0.497 e. The van der Waals surface area contributed by atoms with Crippen molar-refractivity contribution in [3.05, 3.63) is 42.2 Å². The van der Waals surface area contributed by atoms with Crippen LogP contribution in [0.1, 0.15) is 29.6 Å². The first-order chi connectivity index (χ1) is 12.7. The number of hydrogen-bond acceptors (Lipinski definition) is 5. The molecule has 0 radical (unpaired) electrons. The van der Waals surface area contributed by atoms with Crippen LogP contribution in [0.4, 0.5) is 0 Å². The van der Waals surface area contributed by atoms with E-state index in [1.54, 1.807) is 26.5 Å². The fourth-order valence-electron chi connectivity index (χ4n) is 3.58. The van der Waals surface area contributed by atoms with Crippen LogP contribution >= 0.6 is 0 Å². The van der Waals surface area contributed by atoms with Gasteiger partial charge < -0.3 is 14.4 Å². The Morgan fingerprint density at radius 2 is 2.15 bits per heavy atom. The van der Waals surface area contributed by atoms with Crippen molar-refractivity contribution in [3.8, 4) is 11.5 Å². The molecular formula is C20H27N3O3. The van der Waals surface area contributed by atoms with Crippen LogP contribution in [0.2, 0.25) is 0 Å². The molecule has 2 aromatic rings. The molecule has 140 valence electrons. The summed E-state index contributed by atoms with van der Waals surface area (Å²) in [5.74, 6) is 1.48. The Morgan fingerprint density at radius 1 is 1.27 bits per heavy atom. The molecule has 0 unspecified atom stereocenters. The van der Waals surface area contributed by atoms with Gasteiger partial charge in [0.25, 0.3) is 0 Å². The molecule has 0 N–H and O–H groups in total. The van der Waals surface area contributed by atoms with E-state index in [1.165, 1.54) is 0 Å². The Labute approximate surface area is 154 Å². The van der Waals surface area contributed by atoms with Crippen LogP contribution in [0.3, 0.4) is 0 Å². The summed E-state index contributed by atoms with van der Waals surface area (Å²) in [5, 5.41) is 4.23. The Balaban J connectivity index is 1.59. The molecule has 0 spiro atoms. The second-order valence-electron chi connectivity index (χ2n) is 6.69. The predicted molar refractivity (Wildman–Crippen MR) is 99.9 cm³/mol. The van der Waals surface area contributed by atoms with Crippen LogP contribution in [0.15, 0.2) is 36.7 Å². The van der Waals surface area contributed by atoms with E-state index in [1.807, 2.05) is 29.1 Å². The third-order valence-electron chi connectivity index (χ3n) is 4.97. The van der Waals surface area contributed by atoms with Gasteiger partial charge in [0.05, 0.1) is 19.8 Å². The first kappa shape index (κ1) is 18.5. The van der Waals surface area contributed by atoms with Crippen molar-refractivity contribution in [1.29, 1.82) is 0 Å². The van der Waals surface area contributed by atoms with E-state index in [4.69, 9.17) is 9.47 Å². The third-order valence-corrected chi connectivity index (χ3v) is 4.97. The molecule has 1 aromatic heterocycles. The molecule has 0 amide bonds. The predicted octanol–water partition coefficient (Wildman–Crippen LogP) is 2.89. The highest BCUT2D eigenvalue weighted by Crippen LogP contribution is 2.29. The lowest BCUT2D eigenvalue weighted by Crippen LogP contribution is -2.39. The number of methoxy groups -OCH3 is 2. The van der Waals surface area contributed by atoms with Gasteiger partial charge in [-0.3, -0.25) is 9.48 Å². The van der Waals surface area contributed by atoms with E-state index in [2.05, 4.69) is 10.00 Å². The summed E-state index contributed by atoms with van der Waals surface area (Å²) in [6.45, 7) is 3.77. The van der Waals surface area contributed by atoms with Gasteiger partial charge in [0, 0.05) is 37.5 Å². The molecule has 1 aliphatic rings. The zero-order valence-corrected chi connectivity index (χ0v) is 15.6. The Hall–Kier alpha value is -2.34.